The fourth-order valence-electron chi connectivity index (χ4n) is 2.31. The van der Waals surface area contributed by atoms with Crippen molar-refractivity contribution in [3.8, 4) is 0 Å². The SMILES string of the molecule is CN(Cc1ccc(C(=O)O)s1)CC1(O)CCOCC1. The van der Waals surface area contributed by atoms with Gasteiger partial charge in [-0.2, -0.15) is 0 Å². The normalized spacial score (nSPS) is 18.7. The van der Waals surface area contributed by atoms with E-state index >= 15 is 0 Å². The highest BCUT2D eigenvalue weighted by Crippen LogP contribution is 2.23. The molecular formula is C13H19NO4S. The number of hydrogen-bond donors (Lipinski definition) is 2. The molecule has 0 unspecified atom stereocenters. The molecule has 19 heavy (non-hydrogen) atoms. The van der Waals surface area contributed by atoms with Crippen LogP contribution in [0.1, 0.15) is 27.4 Å². The quantitative estimate of drug-likeness (QED) is 0.856. The molecule has 2 N–H and O–H groups in total. The van der Waals surface area contributed by atoms with Crippen LogP contribution in [0.5, 0.6) is 0 Å². The Hall–Kier alpha value is -0.950. The Morgan fingerprint density at radius 2 is 2.16 bits per heavy atom. The Morgan fingerprint density at radius 1 is 1.47 bits per heavy atom. The number of rotatable bonds is 5. The van der Waals surface area contributed by atoms with Crippen molar-refractivity contribution < 1.29 is 19.7 Å². The third kappa shape index (κ3) is 4.01. The van der Waals surface area contributed by atoms with E-state index in [9.17, 15) is 9.90 Å². The summed E-state index contributed by atoms with van der Waals surface area (Å²) >= 11 is 1.28. The van der Waals surface area contributed by atoms with E-state index < -0.39 is 11.6 Å². The van der Waals surface area contributed by atoms with Crippen molar-refractivity contribution in [2.45, 2.75) is 25.0 Å². The van der Waals surface area contributed by atoms with Gasteiger partial charge >= 0.3 is 5.97 Å². The molecule has 2 rings (SSSR count). The average Bonchev–Trinajstić information content (AvgIpc) is 2.77. The molecule has 0 amide bonds. The maximum atomic E-state index is 10.8. The number of carboxylic acids is 1. The van der Waals surface area contributed by atoms with Crippen molar-refractivity contribution in [3.05, 3.63) is 21.9 Å². The highest BCUT2D eigenvalue weighted by atomic mass is 32.1. The largest absolute Gasteiger partial charge is 0.477 e. The number of hydrogen-bond acceptors (Lipinski definition) is 5. The van der Waals surface area contributed by atoms with E-state index in [2.05, 4.69) is 0 Å². The monoisotopic (exact) mass is 285 g/mol. The second-order valence-electron chi connectivity index (χ2n) is 5.08. The molecule has 1 aromatic heterocycles. The molecule has 5 nitrogen and oxygen atoms in total. The van der Waals surface area contributed by atoms with Crippen LogP contribution in [0.25, 0.3) is 0 Å². The van der Waals surface area contributed by atoms with E-state index in [1.165, 1.54) is 11.3 Å². The topological polar surface area (TPSA) is 70.0 Å². The zero-order valence-corrected chi connectivity index (χ0v) is 11.8. The lowest BCUT2D eigenvalue weighted by molar-refractivity contribution is -0.0776. The molecule has 1 fully saturated rings. The fraction of sp³-hybridized carbons (Fsp3) is 0.615. The number of ether oxygens (including phenoxy) is 1. The smallest absolute Gasteiger partial charge is 0.345 e. The van der Waals surface area contributed by atoms with Crippen LogP contribution >= 0.6 is 11.3 Å². The summed E-state index contributed by atoms with van der Waals surface area (Å²) < 4.78 is 5.25. The van der Waals surface area contributed by atoms with Gasteiger partial charge in [0.1, 0.15) is 4.88 Å². The Bertz CT molecular complexity index is 440. The Labute approximate surface area is 116 Å². The maximum Gasteiger partial charge on any atom is 0.345 e. The molecule has 1 aromatic rings. The number of carboxylic acid groups (broad SMARTS) is 1. The molecule has 2 heterocycles. The Kier molecular flexibility index (Phi) is 4.57. The maximum absolute atomic E-state index is 10.8. The highest BCUT2D eigenvalue weighted by molar-refractivity contribution is 7.13. The molecule has 0 spiro atoms. The van der Waals surface area contributed by atoms with E-state index in [1.54, 1.807) is 6.07 Å². The summed E-state index contributed by atoms with van der Waals surface area (Å²) in [6.07, 6.45) is 1.31. The first-order chi connectivity index (χ1) is 8.98. The molecule has 1 saturated heterocycles. The Balaban J connectivity index is 1.89. The number of nitrogens with zero attached hydrogens (tertiary/aromatic N) is 1. The third-order valence-electron chi connectivity index (χ3n) is 3.29. The summed E-state index contributed by atoms with van der Waals surface area (Å²) in [5, 5.41) is 19.3. The van der Waals surface area contributed by atoms with Gasteiger partial charge in [-0.05, 0) is 19.2 Å². The lowest BCUT2D eigenvalue weighted by atomic mass is 9.94. The average molecular weight is 285 g/mol. The second-order valence-corrected chi connectivity index (χ2v) is 6.25. The summed E-state index contributed by atoms with van der Waals surface area (Å²) in [5.74, 6) is -0.887. The van der Waals surface area contributed by atoms with Crippen molar-refractivity contribution in [2.24, 2.45) is 0 Å². The number of thiophene rings is 1. The van der Waals surface area contributed by atoms with Crippen LogP contribution in [0.3, 0.4) is 0 Å². The van der Waals surface area contributed by atoms with Gasteiger partial charge in [0, 0.05) is 44.0 Å². The lowest BCUT2D eigenvalue weighted by Crippen LogP contribution is -2.45. The standard InChI is InChI=1S/C13H19NO4S/c1-14(9-13(17)4-6-18-7-5-13)8-10-2-3-11(19-10)12(15)16/h2-3,17H,4-9H2,1H3,(H,15,16). The van der Waals surface area contributed by atoms with E-state index in [0.717, 1.165) is 4.88 Å². The van der Waals surface area contributed by atoms with Crippen LogP contribution in [0.4, 0.5) is 0 Å². The highest BCUT2D eigenvalue weighted by Gasteiger charge is 2.31. The summed E-state index contributed by atoms with van der Waals surface area (Å²) in [4.78, 5) is 14.2. The Morgan fingerprint density at radius 3 is 2.74 bits per heavy atom. The molecule has 6 heteroatoms. The second kappa shape index (κ2) is 6.00. The number of aliphatic hydroxyl groups is 1. The van der Waals surface area contributed by atoms with Crippen molar-refractivity contribution in [2.75, 3.05) is 26.8 Å². The van der Waals surface area contributed by atoms with Gasteiger partial charge in [0.25, 0.3) is 0 Å². The first-order valence-electron chi connectivity index (χ1n) is 6.29. The zero-order valence-electron chi connectivity index (χ0n) is 11.0. The van der Waals surface area contributed by atoms with Crippen LogP contribution in [-0.4, -0.2) is 53.5 Å². The molecule has 0 radical (unpaired) electrons. The molecule has 1 aliphatic heterocycles. The van der Waals surface area contributed by atoms with Gasteiger partial charge in [0.05, 0.1) is 5.60 Å². The van der Waals surface area contributed by atoms with E-state index in [0.29, 0.717) is 44.0 Å². The fourth-order valence-corrected chi connectivity index (χ4v) is 3.24. The minimum atomic E-state index is -0.887. The minimum Gasteiger partial charge on any atom is -0.477 e. The van der Waals surface area contributed by atoms with Gasteiger partial charge in [-0.25, -0.2) is 4.79 Å². The minimum absolute atomic E-state index is 0.355. The van der Waals surface area contributed by atoms with E-state index in [1.807, 2.05) is 18.0 Å². The molecule has 0 saturated carbocycles. The molecule has 1 aliphatic rings. The van der Waals surface area contributed by atoms with Crippen molar-refractivity contribution in [1.82, 2.24) is 4.90 Å². The molecule has 0 aliphatic carbocycles. The van der Waals surface area contributed by atoms with Crippen molar-refractivity contribution in [3.63, 3.8) is 0 Å². The van der Waals surface area contributed by atoms with E-state index in [-0.39, 0.29) is 0 Å². The first-order valence-corrected chi connectivity index (χ1v) is 7.11. The van der Waals surface area contributed by atoms with Gasteiger partial charge in [0.15, 0.2) is 0 Å². The number of likely N-dealkylation sites (N-methyl/N-ethyl adjacent to an activating group) is 1. The van der Waals surface area contributed by atoms with Crippen LogP contribution in [0, 0.1) is 0 Å². The summed E-state index contributed by atoms with van der Waals surface area (Å²) in [7, 11) is 1.94. The summed E-state index contributed by atoms with van der Waals surface area (Å²) in [6, 6.07) is 3.46. The van der Waals surface area contributed by atoms with Gasteiger partial charge in [-0.1, -0.05) is 0 Å². The van der Waals surface area contributed by atoms with Crippen molar-refractivity contribution in [1.29, 1.82) is 0 Å². The van der Waals surface area contributed by atoms with Crippen molar-refractivity contribution >= 4 is 17.3 Å². The van der Waals surface area contributed by atoms with Gasteiger partial charge < -0.3 is 14.9 Å². The summed E-state index contributed by atoms with van der Waals surface area (Å²) in [5.41, 5.74) is -0.681. The molecule has 0 aromatic carbocycles. The van der Waals surface area contributed by atoms with Crippen LogP contribution in [-0.2, 0) is 11.3 Å². The zero-order chi connectivity index (χ0) is 13.9. The third-order valence-corrected chi connectivity index (χ3v) is 4.34. The van der Waals surface area contributed by atoms with Gasteiger partial charge in [-0.3, -0.25) is 4.90 Å². The first kappa shape index (κ1) is 14.5. The number of aromatic carboxylic acids is 1. The van der Waals surface area contributed by atoms with Crippen LogP contribution in [0.2, 0.25) is 0 Å². The molecule has 106 valence electrons. The number of carbonyl (C=O) groups is 1. The van der Waals surface area contributed by atoms with Gasteiger partial charge in [-0.15, -0.1) is 11.3 Å². The van der Waals surface area contributed by atoms with Crippen LogP contribution < -0.4 is 0 Å². The summed E-state index contributed by atoms with van der Waals surface area (Å²) in [6.45, 7) is 2.44. The predicted molar refractivity (Wildman–Crippen MR) is 72.6 cm³/mol. The molecule has 0 atom stereocenters. The lowest BCUT2D eigenvalue weighted by Gasteiger charge is -2.35. The predicted octanol–water partition coefficient (Wildman–Crippen LogP) is 1.42. The molecule has 0 bridgehead atoms. The molecular weight excluding hydrogens is 266 g/mol. The van der Waals surface area contributed by atoms with E-state index in [4.69, 9.17) is 9.84 Å². The van der Waals surface area contributed by atoms with Crippen LogP contribution in [0.15, 0.2) is 12.1 Å². The van der Waals surface area contributed by atoms with Gasteiger partial charge in [0.2, 0.25) is 0 Å².